The van der Waals surface area contributed by atoms with Crippen LogP contribution in [0.2, 0.25) is 0 Å². The van der Waals surface area contributed by atoms with E-state index in [2.05, 4.69) is 21.2 Å². The molecule has 2 aliphatic heterocycles. The van der Waals surface area contributed by atoms with Gasteiger partial charge in [-0.15, -0.1) is 12.4 Å². The molecule has 0 saturated carbocycles. The first kappa shape index (κ1) is 17.5. The van der Waals surface area contributed by atoms with Gasteiger partial charge in [-0.25, -0.2) is 0 Å². The van der Waals surface area contributed by atoms with Crippen molar-refractivity contribution >= 4 is 34.2 Å². The molecular weight excluding hydrogens is 372 g/mol. The average Bonchev–Trinajstić information content (AvgIpc) is 2.97. The Bertz CT molecular complexity index is 544. The first-order valence-electron chi connectivity index (χ1n) is 7.25. The molecule has 3 atom stereocenters. The number of rotatable bonds is 3. The van der Waals surface area contributed by atoms with E-state index in [-0.39, 0.29) is 36.6 Å². The van der Waals surface area contributed by atoms with Gasteiger partial charge in [0.25, 0.3) is 0 Å². The van der Waals surface area contributed by atoms with Crippen molar-refractivity contribution in [3.05, 3.63) is 28.2 Å². The summed E-state index contributed by atoms with van der Waals surface area (Å²) in [5.74, 6) is 0.783. The summed E-state index contributed by atoms with van der Waals surface area (Å²) < 4.78 is 12.3. The van der Waals surface area contributed by atoms with Crippen molar-refractivity contribution in [3.8, 4) is 5.75 Å². The maximum Gasteiger partial charge on any atom is 0.249 e. The number of halogens is 2. The maximum absolute atomic E-state index is 12.3. The first-order chi connectivity index (χ1) is 10.2. The molecule has 0 aliphatic carbocycles. The number of carbonyl (C=O) groups excluding carboxylic acids is 1. The number of nitrogens with two attached hydrogens (primary N) is 1. The highest BCUT2D eigenvalue weighted by Crippen LogP contribution is 2.34. The summed E-state index contributed by atoms with van der Waals surface area (Å²) in [7, 11) is 0. The van der Waals surface area contributed by atoms with E-state index in [9.17, 15) is 4.79 Å². The third-order valence-corrected chi connectivity index (χ3v) is 4.48. The van der Waals surface area contributed by atoms with Crippen molar-refractivity contribution in [2.45, 2.75) is 37.5 Å². The quantitative estimate of drug-likeness (QED) is 0.829. The molecule has 1 unspecified atom stereocenters. The molecule has 0 bridgehead atoms. The lowest BCUT2D eigenvalue weighted by Gasteiger charge is -2.27. The zero-order valence-corrected chi connectivity index (χ0v) is 14.5. The number of benzene rings is 1. The van der Waals surface area contributed by atoms with Crippen LogP contribution < -0.4 is 15.8 Å². The minimum absolute atomic E-state index is 0. The molecule has 0 aromatic heterocycles. The molecule has 1 fully saturated rings. The van der Waals surface area contributed by atoms with Gasteiger partial charge in [-0.3, -0.25) is 4.79 Å². The predicted molar refractivity (Wildman–Crippen MR) is 89.3 cm³/mol. The third kappa shape index (κ3) is 3.74. The van der Waals surface area contributed by atoms with Crippen LogP contribution in [0.5, 0.6) is 5.75 Å². The number of nitrogens with one attached hydrogen (secondary N) is 1. The molecule has 0 spiro atoms. The number of ether oxygens (including phenoxy) is 2. The highest BCUT2D eigenvalue weighted by molar-refractivity contribution is 9.10. The molecule has 22 heavy (non-hydrogen) atoms. The summed E-state index contributed by atoms with van der Waals surface area (Å²) >= 11 is 3.46. The zero-order valence-electron chi connectivity index (χ0n) is 12.1. The van der Waals surface area contributed by atoms with Gasteiger partial charge >= 0.3 is 0 Å². The van der Waals surface area contributed by atoms with Gasteiger partial charge in [0.2, 0.25) is 5.91 Å². The standard InChI is InChI=1S/C15H19BrN2O3.ClH/c16-9-1-3-13-11(7-9)12(5-6-20-13)18-15(19)14-4-2-10(8-17)21-14;/h1,3,7,10,12,14H,2,4-6,8,17H2,(H,18,19);1H/t10-,12?,14+;/m1./s1. The van der Waals surface area contributed by atoms with Crippen LogP contribution in [-0.4, -0.2) is 31.3 Å². The Balaban J connectivity index is 0.00000176. The van der Waals surface area contributed by atoms with Crippen molar-refractivity contribution in [2.75, 3.05) is 13.2 Å². The van der Waals surface area contributed by atoms with Crippen LogP contribution in [0.4, 0.5) is 0 Å². The second-order valence-corrected chi connectivity index (χ2v) is 6.36. The van der Waals surface area contributed by atoms with Crippen LogP contribution in [0.1, 0.15) is 30.9 Å². The van der Waals surface area contributed by atoms with Crippen LogP contribution in [0, 0.1) is 0 Å². The van der Waals surface area contributed by atoms with E-state index >= 15 is 0 Å². The van der Waals surface area contributed by atoms with Crippen LogP contribution >= 0.6 is 28.3 Å². The van der Waals surface area contributed by atoms with Gasteiger partial charge in [-0.1, -0.05) is 15.9 Å². The van der Waals surface area contributed by atoms with Crippen LogP contribution in [0.15, 0.2) is 22.7 Å². The van der Waals surface area contributed by atoms with Crippen molar-refractivity contribution in [1.29, 1.82) is 0 Å². The Morgan fingerprint density at radius 1 is 1.36 bits per heavy atom. The molecule has 7 heteroatoms. The number of fused-ring (bicyclic) bond motifs is 1. The predicted octanol–water partition coefficient (Wildman–Crippen LogP) is 2.32. The van der Waals surface area contributed by atoms with E-state index in [1.165, 1.54) is 0 Å². The fraction of sp³-hybridized carbons (Fsp3) is 0.533. The molecule has 1 amide bonds. The van der Waals surface area contributed by atoms with Crippen molar-refractivity contribution < 1.29 is 14.3 Å². The van der Waals surface area contributed by atoms with Crippen molar-refractivity contribution in [1.82, 2.24) is 5.32 Å². The minimum atomic E-state index is -0.378. The van der Waals surface area contributed by atoms with Gasteiger partial charge < -0.3 is 20.5 Å². The molecule has 2 heterocycles. The fourth-order valence-corrected chi connectivity index (χ4v) is 3.23. The first-order valence-corrected chi connectivity index (χ1v) is 8.05. The van der Waals surface area contributed by atoms with Gasteiger partial charge in [0.1, 0.15) is 11.9 Å². The number of hydrogen-bond donors (Lipinski definition) is 2. The molecule has 122 valence electrons. The van der Waals surface area contributed by atoms with Gasteiger partial charge in [0.15, 0.2) is 0 Å². The monoisotopic (exact) mass is 390 g/mol. The second kappa shape index (κ2) is 7.64. The summed E-state index contributed by atoms with van der Waals surface area (Å²) in [6, 6.07) is 5.83. The lowest BCUT2D eigenvalue weighted by molar-refractivity contribution is -0.132. The number of carbonyl (C=O) groups is 1. The highest BCUT2D eigenvalue weighted by atomic mass is 79.9. The highest BCUT2D eigenvalue weighted by Gasteiger charge is 2.32. The van der Waals surface area contributed by atoms with E-state index in [1.807, 2.05) is 18.2 Å². The normalized spacial score (nSPS) is 26.5. The Hall–Kier alpha value is -0.820. The van der Waals surface area contributed by atoms with Crippen LogP contribution in [0.3, 0.4) is 0 Å². The minimum Gasteiger partial charge on any atom is -0.493 e. The molecule has 2 aliphatic rings. The molecule has 1 aromatic carbocycles. The molecule has 3 rings (SSSR count). The zero-order chi connectivity index (χ0) is 14.8. The van der Waals surface area contributed by atoms with E-state index in [0.29, 0.717) is 13.2 Å². The number of amides is 1. The van der Waals surface area contributed by atoms with Gasteiger partial charge in [-0.2, -0.15) is 0 Å². The Kier molecular flexibility index (Phi) is 6.09. The van der Waals surface area contributed by atoms with E-state index in [0.717, 1.165) is 35.0 Å². The molecular formula is C15H20BrClN2O3. The van der Waals surface area contributed by atoms with Gasteiger partial charge in [0, 0.05) is 23.0 Å². The molecule has 1 aromatic rings. The van der Waals surface area contributed by atoms with E-state index < -0.39 is 0 Å². The van der Waals surface area contributed by atoms with Gasteiger partial charge in [0.05, 0.1) is 18.8 Å². The summed E-state index contributed by atoms with van der Waals surface area (Å²) in [4.78, 5) is 12.3. The van der Waals surface area contributed by atoms with Crippen molar-refractivity contribution in [2.24, 2.45) is 5.73 Å². The summed E-state index contributed by atoms with van der Waals surface area (Å²) in [5.41, 5.74) is 6.59. The Morgan fingerprint density at radius 3 is 2.91 bits per heavy atom. The lowest BCUT2D eigenvalue weighted by atomic mass is 10.00. The summed E-state index contributed by atoms with van der Waals surface area (Å²) in [6.07, 6.45) is 1.99. The summed E-state index contributed by atoms with van der Waals surface area (Å²) in [6.45, 7) is 1.08. The Morgan fingerprint density at radius 2 is 2.18 bits per heavy atom. The molecule has 5 nitrogen and oxygen atoms in total. The third-order valence-electron chi connectivity index (χ3n) is 3.99. The molecule has 1 saturated heterocycles. The topological polar surface area (TPSA) is 73.6 Å². The SMILES string of the molecule is Cl.NC[C@H]1CC[C@@H](C(=O)NC2CCOc3ccc(Br)cc32)O1. The smallest absolute Gasteiger partial charge is 0.249 e. The van der Waals surface area contributed by atoms with Gasteiger partial charge in [-0.05, 0) is 31.0 Å². The fourth-order valence-electron chi connectivity index (χ4n) is 2.85. The lowest BCUT2D eigenvalue weighted by Crippen LogP contribution is -2.39. The molecule has 3 N–H and O–H groups in total. The van der Waals surface area contributed by atoms with Crippen LogP contribution in [0.25, 0.3) is 0 Å². The van der Waals surface area contributed by atoms with E-state index in [4.69, 9.17) is 15.2 Å². The van der Waals surface area contributed by atoms with Crippen LogP contribution in [-0.2, 0) is 9.53 Å². The maximum atomic E-state index is 12.3. The molecule has 0 radical (unpaired) electrons. The van der Waals surface area contributed by atoms with Crippen molar-refractivity contribution in [3.63, 3.8) is 0 Å². The number of hydrogen-bond acceptors (Lipinski definition) is 4. The average molecular weight is 392 g/mol. The largest absolute Gasteiger partial charge is 0.493 e. The Labute approximate surface area is 144 Å². The second-order valence-electron chi connectivity index (χ2n) is 5.44. The van der Waals surface area contributed by atoms with E-state index in [1.54, 1.807) is 0 Å². The summed E-state index contributed by atoms with van der Waals surface area (Å²) in [5, 5.41) is 3.08.